The summed E-state index contributed by atoms with van der Waals surface area (Å²) in [5.74, 6) is 0.688. The van der Waals surface area contributed by atoms with Crippen LogP contribution in [0.2, 0.25) is 0 Å². The first-order valence-corrected chi connectivity index (χ1v) is 9.15. The quantitative estimate of drug-likeness (QED) is 0.768. The van der Waals surface area contributed by atoms with E-state index in [4.69, 9.17) is 9.72 Å². The molecule has 0 spiro atoms. The van der Waals surface area contributed by atoms with Crippen LogP contribution in [0.25, 0.3) is 16.9 Å². The number of nitrogens with one attached hydrogen (secondary N) is 1. The molecule has 130 valence electrons. The normalized spacial score (nSPS) is 17.0. The fourth-order valence-corrected chi connectivity index (χ4v) is 3.68. The molecule has 4 nitrogen and oxygen atoms in total. The van der Waals surface area contributed by atoms with Crippen molar-refractivity contribution in [3.05, 3.63) is 60.4 Å². The fraction of sp³-hybridized carbons (Fsp3) is 0.381. The zero-order valence-electron chi connectivity index (χ0n) is 14.7. The Morgan fingerprint density at radius 2 is 1.88 bits per heavy atom. The lowest BCUT2D eigenvalue weighted by Gasteiger charge is -2.28. The minimum atomic E-state index is 0.474. The van der Waals surface area contributed by atoms with Crippen LogP contribution < -0.4 is 5.32 Å². The number of aromatic nitrogens is 2. The van der Waals surface area contributed by atoms with Crippen molar-refractivity contribution in [2.45, 2.75) is 32.4 Å². The Morgan fingerprint density at radius 3 is 2.68 bits per heavy atom. The van der Waals surface area contributed by atoms with Gasteiger partial charge in [0.05, 0.1) is 11.4 Å². The summed E-state index contributed by atoms with van der Waals surface area (Å²) in [6.45, 7) is 4.89. The molecule has 0 amide bonds. The molecule has 1 aromatic carbocycles. The lowest BCUT2D eigenvalue weighted by Crippen LogP contribution is -2.36. The van der Waals surface area contributed by atoms with Crippen LogP contribution in [0.3, 0.4) is 0 Å². The van der Waals surface area contributed by atoms with Crippen LogP contribution in [0.1, 0.15) is 25.5 Å². The third kappa shape index (κ3) is 3.46. The molecule has 25 heavy (non-hydrogen) atoms. The van der Waals surface area contributed by atoms with Gasteiger partial charge in [-0.05, 0) is 37.8 Å². The fourth-order valence-electron chi connectivity index (χ4n) is 3.68. The Bertz CT molecular complexity index is 822. The molecule has 3 heterocycles. The van der Waals surface area contributed by atoms with Gasteiger partial charge in [-0.3, -0.25) is 0 Å². The second-order valence-electron chi connectivity index (χ2n) is 6.82. The first-order chi connectivity index (χ1) is 12.3. The van der Waals surface area contributed by atoms with E-state index < -0.39 is 0 Å². The van der Waals surface area contributed by atoms with Gasteiger partial charge in [-0.2, -0.15) is 0 Å². The molecule has 1 unspecified atom stereocenters. The number of hydrogen-bond donors (Lipinski definition) is 1. The topological polar surface area (TPSA) is 38.6 Å². The van der Waals surface area contributed by atoms with Gasteiger partial charge in [-0.15, -0.1) is 0 Å². The Balaban J connectivity index is 1.61. The van der Waals surface area contributed by atoms with Crippen molar-refractivity contribution < 1.29 is 4.74 Å². The van der Waals surface area contributed by atoms with Gasteiger partial charge in [0, 0.05) is 37.6 Å². The van der Waals surface area contributed by atoms with Crippen LogP contribution in [0.5, 0.6) is 0 Å². The summed E-state index contributed by atoms with van der Waals surface area (Å²) in [7, 11) is 0. The highest BCUT2D eigenvalue weighted by atomic mass is 16.5. The molecule has 1 saturated heterocycles. The van der Waals surface area contributed by atoms with E-state index in [0.29, 0.717) is 12.0 Å². The number of nitrogens with zero attached hydrogens (tertiary/aromatic N) is 2. The number of ether oxygens (including phenoxy) is 1. The van der Waals surface area contributed by atoms with Gasteiger partial charge in [0.2, 0.25) is 0 Å². The molecule has 0 radical (unpaired) electrons. The van der Waals surface area contributed by atoms with Crippen molar-refractivity contribution in [1.82, 2.24) is 14.7 Å². The van der Waals surface area contributed by atoms with Crippen LogP contribution in [0.15, 0.2) is 54.7 Å². The molecule has 0 aliphatic carbocycles. The van der Waals surface area contributed by atoms with E-state index in [-0.39, 0.29) is 0 Å². The Morgan fingerprint density at radius 1 is 1.12 bits per heavy atom. The molecule has 1 aliphatic rings. The molecule has 4 heteroatoms. The number of hydrogen-bond acceptors (Lipinski definition) is 3. The highest BCUT2D eigenvalue weighted by Gasteiger charge is 2.21. The smallest absolute Gasteiger partial charge is 0.137 e. The van der Waals surface area contributed by atoms with Gasteiger partial charge in [0.1, 0.15) is 5.65 Å². The molecule has 0 saturated carbocycles. The minimum absolute atomic E-state index is 0.474. The van der Waals surface area contributed by atoms with Gasteiger partial charge in [-0.1, -0.05) is 36.4 Å². The summed E-state index contributed by atoms with van der Waals surface area (Å²) in [4.78, 5) is 4.88. The molecule has 1 N–H and O–H groups in total. The summed E-state index contributed by atoms with van der Waals surface area (Å²) < 4.78 is 7.69. The standard InChI is InChI=1S/C21H25N3O/c1-16(17-10-13-25-14-11-17)22-15-19-21(18-7-3-2-4-8-18)23-20-9-5-6-12-24(19)20/h2-9,12,16-17,22H,10-11,13-15H2,1H3. The highest BCUT2D eigenvalue weighted by Crippen LogP contribution is 2.25. The maximum atomic E-state index is 5.49. The predicted octanol–water partition coefficient (Wildman–Crippen LogP) is 3.91. The Labute approximate surface area is 148 Å². The summed E-state index contributed by atoms with van der Waals surface area (Å²) in [6.07, 6.45) is 4.39. The molecular weight excluding hydrogens is 310 g/mol. The van der Waals surface area contributed by atoms with Crippen molar-refractivity contribution in [1.29, 1.82) is 0 Å². The van der Waals surface area contributed by atoms with E-state index in [0.717, 1.165) is 43.9 Å². The molecule has 1 aliphatic heterocycles. The molecular formula is C21H25N3O. The van der Waals surface area contributed by atoms with E-state index in [9.17, 15) is 0 Å². The van der Waals surface area contributed by atoms with Crippen LogP contribution in [-0.2, 0) is 11.3 Å². The first kappa shape index (κ1) is 16.3. The van der Waals surface area contributed by atoms with Crippen LogP contribution in [0, 0.1) is 5.92 Å². The van der Waals surface area contributed by atoms with E-state index in [1.807, 2.05) is 12.1 Å². The summed E-state index contributed by atoms with van der Waals surface area (Å²) >= 11 is 0. The van der Waals surface area contributed by atoms with Crippen molar-refractivity contribution in [2.75, 3.05) is 13.2 Å². The maximum absolute atomic E-state index is 5.49. The molecule has 1 atom stereocenters. The van der Waals surface area contributed by atoms with Gasteiger partial charge in [0.25, 0.3) is 0 Å². The third-order valence-corrected chi connectivity index (χ3v) is 5.24. The summed E-state index contributed by atoms with van der Waals surface area (Å²) in [6, 6.07) is 17.1. The SMILES string of the molecule is CC(NCc1c(-c2ccccc2)nc2ccccn12)C1CCOCC1. The average molecular weight is 335 g/mol. The number of benzene rings is 1. The number of rotatable bonds is 5. The van der Waals surface area contributed by atoms with Crippen LogP contribution >= 0.6 is 0 Å². The first-order valence-electron chi connectivity index (χ1n) is 9.15. The number of pyridine rings is 1. The second kappa shape index (κ2) is 7.38. The Kier molecular flexibility index (Phi) is 4.81. The molecule has 4 rings (SSSR count). The Hall–Kier alpha value is -2.17. The van der Waals surface area contributed by atoms with Crippen molar-refractivity contribution in [3.63, 3.8) is 0 Å². The van der Waals surface area contributed by atoms with E-state index in [2.05, 4.69) is 59.2 Å². The maximum Gasteiger partial charge on any atom is 0.137 e. The van der Waals surface area contributed by atoms with Crippen molar-refractivity contribution in [3.8, 4) is 11.3 Å². The van der Waals surface area contributed by atoms with Gasteiger partial charge in [0.15, 0.2) is 0 Å². The van der Waals surface area contributed by atoms with Gasteiger partial charge in [-0.25, -0.2) is 4.98 Å². The highest BCUT2D eigenvalue weighted by molar-refractivity contribution is 5.66. The zero-order chi connectivity index (χ0) is 17.1. The molecule has 0 bridgehead atoms. The largest absolute Gasteiger partial charge is 0.381 e. The predicted molar refractivity (Wildman–Crippen MR) is 100 cm³/mol. The summed E-state index contributed by atoms with van der Waals surface area (Å²) in [5, 5.41) is 3.74. The molecule has 1 fully saturated rings. The number of fused-ring (bicyclic) bond motifs is 1. The lowest BCUT2D eigenvalue weighted by atomic mass is 9.93. The van der Waals surface area contributed by atoms with Crippen molar-refractivity contribution in [2.24, 2.45) is 5.92 Å². The molecule has 2 aromatic heterocycles. The lowest BCUT2D eigenvalue weighted by molar-refractivity contribution is 0.0557. The van der Waals surface area contributed by atoms with Gasteiger partial charge < -0.3 is 14.5 Å². The zero-order valence-corrected chi connectivity index (χ0v) is 14.7. The average Bonchev–Trinajstić information content (AvgIpc) is 3.06. The van der Waals surface area contributed by atoms with E-state index in [1.54, 1.807) is 0 Å². The van der Waals surface area contributed by atoms with Crippen LogP contribution in [-0.4, -0.2) is 28.6 Å². The van der Waals surface area contributed by atoms with E-state index in [1.165, 1.54) is 11.3 Å². The van der Waals surface area contributed by atoms with E-state index >= 15 is 0 Å². The van der Waals surface area contributed by atoms with Gasteiger partial charge >= 0.3 is 0 Å². The number of imidazole rings is 1. The monoisotopic (exact) mass is 335 g/mol. The summed E-state index contributed by atoms with van der Waals surface area (Å²) in [5.41, 5.74) is 4.46. The second-order valence-corrected chi connectivity index (χ2v) is 6.82. The van der Waals surface area contributed by atoms with Crippen molar-refractivity contribution >= 4 is 5.65 Å². The third-order valence-electron chi connectivity index (χ3n) is 5.24. The van der Waals surface area contributed by atoms with Crippen LogP contribution in [0.4, 0.5) is 0 Å². The molecule has 3 aromatic rings. The minimum Gasteiger partial charge on any atom is -0.381 e.